The van der Waals surface area contributed by atoms with E-state index in [0.717, 1.165) is 16.5 Å². The predicted octanol–water partition coefficient (Wildman–Crippen LogP) is 4.01. The second-order valence-corrected chi connectivity index (χ2v) is 4.74. The highest BCUT2D eigenvalue weighted by Gasteiger charge is 2.13. The van der Waals surface area contributed by atoms with Gasteiger partial charge in [0, 0.05) is 18.9 Å². The zero-order valence-electron chi connectivity index (χ0n) is 12.3. The van der Waals surface area contributed by atoms with Gasteiger partial charge >= 0.3 is 5.97 Å². The van der Waals surface area contributed by atoms with Crippen molar-refractivity contribution in [2.75, 3.05) is 6.61 Å². The van der Waals surface area contributed by atoms with Crippen LogP contribution in [-0.2, 0) is 9.53 Å². The molecule has 2 aromatic rings. The summed E-state index contributed by atoms with van der Waals surface area (Å²) in [7, 11) is 0. The second-order valence-electron chi connectivity index (χ2n) is 4.74. The highest BCUT2D eigenvalue weighted by molar-refractivity contribution is 6.06. The first-order chi connectivity index (χ1) is 10.1. The van der Waals surface area contributed by atoms with E-state index in [0.29, 0.717) is 13.0 Å². The molecule has 0 saturated carbocycles. The molecule has 0 amide bonds. The van der Waals surface area contributed by atoms with Crippen molar-refractivity contribution < 1.29 is 14.3 Å². The fourth-order valence-corrected chi connectivity index (χ4v) is 2.24. The van der Waals surface area contributed by atoms with Gasteiger partial charge in [0.2, 0.25) is 0 Å². The second kappa shape index (κ2) is 6.84. The molecule has 0 N–H and O–H groups in total. The first-order valence-electron chi connectivity index (χ1n) is 6.97. The molecule has 3 rings (SSSR count). The molecule has 0 aliphatic heterocycles. The SMILES string of the molecule is CCOC(C)=O.O=C1CC=Cc2cc3ccccc3cc21. The summed E-state index contributed by atoms with van der Waals surface area (Å²) in [6, 6.07) is 12.2. The lowest BCUT2D eigenvalue weighted by molar-refractivity contribution is -0.140. The molecule has 0 radical (unpaired) electrons. The predicted molar refractivity (Wildman–Crippen MR) is 84.2 cm³/mol. The maximum atomic E-state index is 11.7. The molecule has 108 valence electrons. The highest BCUT2D eigenvalue weighted by atomic mass is 16.5. The van der Waals surface area contributed by atoms with E-state index in [-0.39, 0.29) is 11.8 Å². The summed E-state index contributed by atoms with van der Waals surface area (Å²) in [5.41, 5.74) is 1.90. The number of hydrogen-bond donors (Lipinski definition) is 0. The Kier molecular flexibility index (Phi) is 4.88. The lowest BCUT2D eigenvalue weighted by Crippen LogP contribution is -2.03. The van der Waals surface area contributed by atoms with Crippen molar-refractivity contribution >= 4 is 28.6 Å². The number of ether oxygens (including phenoxy) is 1. The van der Waals surface area contributed by atoms with E-state index < -0.39 is 0 Å². The normalized spacial score (nSPS) is 12.4. The molecule has 21 heavy (non-hydrogen) atoms. The van der Waals surface area contributed by atoms with E-state index in [1.165, 1.54) is 12.3 Å². The molecule has 1 aliphatic rings. The van der Waals surface area contributed by atoms with Crippen LogP contribution < -0.4 is 0 Å². The Morgan fingerprint density at radius 1 is 1.19 bits per heavy atom. The molecule has 1 aliphatic carbocycles. The maximum Gasteiger partial charge on any atom is 0.302 e. The van der Waals surface area contributed by atoms with Crippen LogP contribution in [0.4, 0.5) is 0 Å². The third-order valence-corrected chi connectivity index (χ3v) is 3.17. The third kappa shape index (κ3) is 3.78. The number of hydrogen-bond acceptors (Lipinski definition) is 3. The monoisotopic (exact) mass is 282 g/mol. The summed E-state index contributed by atoms with van der Waals surface area (Å²) in [5.74, 6) is 0.00996. The topological polar surface area (TPSA) is 43.4 Å². The molecule has 0 bridgehead atoms. The molecule has 0 heterocycles. The fraction of sp³-hybridized carbons (Fsp3) is 0.222. The van der Waals surface area contributed by atoms with E-state index in [2.05, 4.69) is 16.9 Å². The molecule has 0 unspecified atom stereocenters. The number of carbonyl (C=O) groups excluding carboxylic acids is 2. The van der Waals surface area contributed by atoms with Gasteiger partial charge in [-0.1, -0.05) is 36.4 Å². The zero-order chi connectivity index (χ0) is 15.2. The number of rotatable bonds is 1. The van der Waals surface area contributed by atoms with Gasteiger partial charge in [-0.2, -0.15) is 0 Å². The minimum Gasteiger partial charge on any atom is -0.466 e. The summed E-state index contributed by atoms with van der Waals surface area (Å²) < 4.78 is 4.40. The Morgan fingerprint density at radius 3 is 2.43 bits per heavy atom. The minimum absolute atomic E-state index is 0.211. The summed E-state index contributed by atoms with van der Waals surface area (Å²) >= 11 is 0. The van der Waals surface area contributed by atoms with Gasteiger partial charge in [-0.3, -0.25) is 9.59 Å². The molecule has 3 heteroatoms. The van der Waals surface area contributed by atoms with Crippen LogP contribution in [0.15, 0.2) is 42.5 Å². The zero-order valence-corrected chi connectivity index (χ0v) is 12.3. The number of fused-ring (bicyclic) bond motifs is 2. The molecular formula is C18H18O3. The van der Waals surface area contributed by atoms with Gasteiger partial charge in [0.05, 0.1) is 6.61 Å². The lowest BCUT2D eigenvalue weighted by Gasteiger charge is -2.10. The number of ketones is 1. The van der Waals surface area contributed by atoms with E-state index >= 15 is 0 Å². The van der Waals surface area contributed by atoms with Crippen LogP contribution in [0.3, 0.4) is 0 Å². The van der Waals surface area contributed by atoms with E-state index in [1.54, 1.807) is 6.92 Å². The number of allylic oxidation sites excluding steroid dienone is 1. The summed E-state index contributed by atoms with van der Waals surface area (Å²) in [4.78, 5) is 21.5. The summed E-state index contributed by atoms with van der Waals surface area (Å²) in [6.07, 6.45) is 4.49. The van der Waals surface area contributed by atoms with Gasteiger partial charge in [0.15, 0.2) is 5.78 Å². The van der Waals surface area contributed by atoms with Crippen LogP contribution in [0.1, 0.15) is 36.2 Å². The largest absolute Gasteiger partial charge is 0.466 e. The quantitative estimate of drug-likeness (QED) is 0.742. The molecule has 0 fully saturated rings. The summed E-state index contributed by atoms with van der Waals surface area (Å²) in [5, 5.41) is 2.33. The Labute approximate surface area is 124 Å². The van der Waals surface area contributed by atoms with Crippen LogP contribution in [-0.4, -0.2) is 18.4 Å². The highest BCUT2D eigenvalue weighted by Crippen LogP contribution is 2.25. The van der Waals surface area contributed by atoms with Crippen LogP contribution in [0.25, 0.3) is 16.8 Å². The lowest BCUT2D eigenvalue weighted by atomic mass is 9.93. The Hall–Kier alpha value is -2.42. The number of Topliss-reactive ketones (excluding diaryl/α,β-unsaturated/α-hetero) is 1. The van der Waals surface area contributed by atoms with E-state index in [9.17, 15) is 9.59 Å². The molecule has 0 atom stereocenters. The average molecular weight is 282 g/mol. The Bertz CT molecular complexity index is 699. The standard InChI is InChI=1S/C14H10O.C4H8O2/c15-14-7-3-6-12-8-10-4-1-2-5-11(10)9-13(12)14;1-3-6-4(2)5/h1-6,8-9H,7H2;3H2,1-2H3. The Morgan fingerprint density at radius 2 is 1.86 bits per heavy atom. The molecular weight excluding hydrogens is 264 g/mol. The van der Waals surface area contributed by atoms with Gasteiger partial charge in [-0.15, -0.1) is 0 Å². The van der Waals surface area contributed by atoms with Crippen molar-refractivity contribution in [1.29, 1.82) is 0 Å². The van der Waals surface area contributed by atoms with Crippen LogP contribution in [0, 0.1) is 0 Å². The van der Waals surface area contributed by atoms with Crippen molar-refractivity contribution in [3.63, 3.8) is 0 Å². The first-order valence-corrected chi connectivity index (χ1v) is 6.97. The van der Waals surface area contributed by atoms with E-state index in [1.807, 2.05) is 36.4 Å². The van der Waals surface area contributed by atoms with Crippen molar-refractivity contribution in [2.45, 2.75) is 20.3 Å². The van der Waals surface area contributed by atoms with Crippen molar-refractivity contribution in [3.05, 3.63) is 53.6 Å². The van der Waals surface area contributed by atoms with Crippen molar-refractivity contribution in [3.8, 4) is 0 Å². The number of carbonyl (C=O) groups is 2. The van der Waals surface area contributed by atoms with Crippen LogP contribution in [0.5, 0.6) is 0 Å². The third-order valence-electron chi connectivity index (χ3n) is 3.17. The van der Waals surface area contributed by atoms with Crippen LogP contribution in [0.2, 0.25) is 0 Å². The van der Waals surface area contributed by atoms with Gasteiger partial charge in [0.25, 0.3) is 0 Å². The molecule has 0 aromatic heterocycles. The first kappa shape index (κ1) is 15.0. The smallest absolute Gasteiger partial charge is 0.302 e. The van der Waals surface area contributed by atoms with Gasteiger partial charge in [0.1, 0.15) is 0 Å². The van der Waals surface area contributed by atoms with Gasteiger partial charge in [-0.25, -0.2) is 0 Å². The van der Waals surface area contributed by atoms with Crippen molar-refractivity contribution in [2.24, 2.45) is 0 Å². The molecule has 3 nitrogen and oxygen atoms in total. The maximum absolute atomic E-state index is 11.7. The van der Waals surface area contributed by atoms with E-state index in [4.69, 9.17) is 0 Å². The molecule has 0 spiro atoms. The molecule has 2 aromatic carbocycles. The number of esters is 1. The van der Waals surface area contributed by atoms with Crippen molar-refractivity contribution in [1.82, 2.24) is 0 Å². The van der Waals surface area contributed by atoms with Gasteiger partial charge < -0.3 is 4.74 Å². The van der Waals surface area contributed by atoms with Crippen LogP contribution >= 0.6 is 0 Å². The fourth-order valence-electron chi connectivity index (χ4n) is 2.24. The van der Waals surface area contributed by atoms with Gasteiger partial charge in [-0.05, 0) is 35.4 Å². The average Bonchev–Trinajstić information content (AvgIpc) is 2.46. The summed E-state index contributed by atoms with van der Waals surface area (Å²) in [6.45, 7) is 3.65. The molecule has 0 saturated heterocycles. The number of benzene rings is 2. The minimum atomic E-state index is -0.211. The Balaban J connectivity index is 0.000000232.